The summed E-state index contributed by atoms with van der Waals surface area (Å²) >= 11 is 0. The quantitative estimate of drug-likeness (QED) is 0.452. The van der Waals surface area contributed by atoms with Crippen LogP contribution in [0.3, 0.4) is 0 Å². The van der Waals surface area contributed by atoms with Crippen LogP contribution in [0.15, 0.2) is 54.6 Å². The lowest BCUT2D eigenvalue weighted by molar-refractivity contribution is -0.139. The van der Waals surface area contributed by atoms with Gasteiger partial charge in [-0.25, -0.2) is 4.39 Å². The Labute approximate surface area is 179 Å². The Morgan fingerprint density at radius 3 is 2.52 bits per heavy atom. The van der Waals surface area contributed by atoms with Gasteiger partial charge in [-0.15, -0.1) is 0 Å². The first-order valence-electron chi connectivity index (χ1n) is 10.4. The van der Waals surface area contributed by atoms with Crippen molar-refractivity contribution in [1.29, 1.82) is 0 Å². The summed E-state index contributed by atoms with van der Waals surface area (Å²) in [6.07, 6.45) is 4.88. The number of rotatable bonds is 8. The van der Waals surface area contributed by atoms with Crippen LogP contribution >= 0.6 is 0 Å². The van der Waals surface area contributed by atoms with Crippen LogP contribution in [-0.2, 0) is 4.79 Å². The fraction of sp³-hybridized carbons (Fsp3) is 0.280. The van der Waals surface area contributed by atoms with Crippen LogP contribution in [0.25, 0.3) is 28.1 Å². The molecule has 31 heavy (non-hydrogen) atoms. The summed E-state index contributed by atoms with van der Waals surface area (Å²) in [6.45, 7) is 0. The highest BCUT2D eigenvalue weighted by atomic mass is 19.1. The number of aromatic nitrogens is 1. The number of carboxylic acids is 1. The predicted octanol–water partition coefficient (Wildman–Crippen LogP) is 4.87. The minimum Gasteiger partial charge on any atom is -0.481 e. The molecule has 2 aromatic carbocycles. The third kappa shape index (κ3) is 4.98. The topological polar surface area (TPSA) is 90.7 Å². The second kappa shape index (κ2) is 8.57. The molecule has 0 spiro atoms. The number of hydrogen-bond acceptors (Lipinski definition) is 4. The first-order valence-corrected chi connectivity index (χ1v) is 10.4. The number of benzene rings is 2. The van der Waals surface area contributed by atoms with Gasteiger partial charge in [0.25, 0.3) is 0 Å². The number of halogens is 1. The molecule has 160 valence electrons. The van der Waals surface area contributed by atoms with Crippen molar-refractivity contribution < 1.29 is 24.5 Å². The maximum atomic E-state index is 13.6. The highest BCUT2D eigenvalue weighted by Gasteiger charge is 2.30. The molecule has 5 nitrogen and oxygen atoms in total. The lowest BCUT2D eigenvalue weighted by Gasteiger charge is -2.19. The fourth-order valence-corrected chi connectivity index (χ4v) is 3.81. The van der Waals surface area contributed by atoms with Gasteiger partial charge in [0.05, 0.1) is 11.2 Å². The molecule has 0 unspecified atom stereocenters. The minimum atomic E-state index is -2.14. The molecule has 0 amide bonds. The van der Waals surface area contributed by atoms with Crippen molar-refractivity contribution in [2.75, 3.05) is 0 Å². The number of pyridine rings is 1. The van der Waals surface area contributed by atoms with E-state index in [1.54, 1.807) is 18.2 Å². The second-order valence-corrected chi connectivity index (χ2v) is 8.04. The lowest BCUT2D eigenvalue weighted by atomic mass is 9.92. The molecule has 0 bridgehead atoms. The zero-order chi connectivity index (χ0) is 22.0. The minimum absolute atomic E-state index is 0.0958. The van der Waals surface area contributed by atoms with E-state index in [2.05, 4.69) is 0 Å². The van der Waals surface area contributed by atoms with Crippen molar-refractivity contribution in [2.45, 2.75) is 43.8 Å². The molecular formula is C25H24FNO4. The van der Waals surface area contributed by atoms with E-state index >= 15 is 0 Å². The van der Waals surface area contributed by atoms with E-state index in [9.17, 15) is 19.4 Å². The fourth-order valence-electron chi connectivity index (χ4n) is 3.81. The van der Waals surface area contributed by atoms with Crippen LogP contribution < -0.4 is 0 Å². The number of nitrogens with zero attached hydrogens (tertiary/aromatic N) is 1. The van der Waals surface area contributed by atoms with Crippen molar-refractivity contribution in [2.24, 2.45) is 0 Å². The first kappa shape index (κ1) is 21.2. The molecule has 1 aliphatic carbocycles. The summed E-state index contributed by atoms with van der Waals surface area (Å²) in [6, 6.07) is 14.0. The third-order valence-electron chi connectivity index (χ3n) is 5.51. The molecule has 1 saturated carbocycles. The molecular weight excluding hydrogens is 397 g/mol. The van der Waals surface area contributed by atoms with Crippen LogP contribution in [0.2, 0.25) is 0 Å². The highest BCUT2D eigenvalue weighted by Crippen LogP contribution is 2.45. The van der Waals surface area contributed by atoms with Gasteiger partial charge in [0, 0.05) is 35.3 Å². The average Bonchev–Trinajstić information content (AvgIpc) is 3.57. The van der Waals surface area contributed by atoms with Gasteiger partial charge in [0.2, 0.25) is 0 Å². The van der Waals surface area contributed by atoms with Crippen LogP contribution in [-0.4, -0.2) is 32.1 Å². The molecule has 6 heteroatoms. The Hall–Kier alpha value is -3.09. The predicted molar refractivity (Wildman–Crippen MR) is 117 cm³/mol. The SMILES string of the molecule is O=C(O)CCCC(O)(O)C=Cc1c(C2CC2)nc2ccccc2c1-c1ccc(F)cc1. The summed E-state index contributed by atoms with van der Waals surface area (Å²) in [4.78, 5) is 15.6. The largest absolute Gasteiger partial charge is 0.481 e. The Bertz CT molecular complexity index is 1130. The van der Waals surface area contributed by atoms with Gasteiger partial charge in [-0.05, 0) is 49.1 Å². The number of fused-ring (bicyclic) bond motifs is 1. The number of aliphatic carboxylic acids is 1. The normalized spacial score (nSPS) is 14.4. The Kier molecular flexibility index (Phi) is 5.85. The van der Waals surface area contributed by atoms with E-state index in [1.807, 2.05) is 24.3 Å². The maximum Gasteiger partial charge on any atom is 0.303 e. The van der Waals surface area contributed by atoms with Crippen LogP contribution in [0, 0.1) is 5.82 Å². The molecule has 4 rings (SSSR count). The van der Waals surface area contributed by atoms with E-state index in [-0.39, 0.29) is 25.1 Å². The summed E-state index contributed by atoms with van der Waals surface area (Å²) < 4.78 is 13.6. The average molecular weight is 421 g/mol. The van der Waals surface area contributed by atoms with Gasteiger partial charge < -0.3 is 15.3 Å². The van der Waals surface area contributed by atoms with Crippen molar-refractivity contribution >= 4 is 22.9 Å². The van der Waals surface area contributed by atoms with E-state index in [0.29, 0.717) is 5.92 Å². The zero-order valence-corrected chi connectivity index (χ0v) is 17.0. The van der Waals surface area contributed by atoms with Gasteiger partial charge in [0.1, 0.15) is 5.82 Å². The molecule has 0 saturated heterocycles. The van der Waals surface area contributed by atoms with Gasteiger partial charge in [-0.3, -0.25) is 9.78 Å². The molecule has 1 aliphatic rings. The zero-order valence-electron chi connectivity index (χ0n) is 17.0. The summed E-state index contributed by atoms with van der Waals surface area (Å²) in [5, 5.41) is 30.4. The van der Waals surface area contributed by atoms with Gasteiger partial charge in [-0.2, -0.15) is 0 Å². The lowest BCUT2D eigenvalue weighted by Crippen LogP contribution is -2.25. The van der Waals surface area contributed by atoms with Gasteiger partial charge in [0.15, 0.2) is 5.79 Å². The molecule has 0 radical (unpaired) electrons. The van der Waals surface area contributed by atoms with Gasteiger partial charge in [-0.1, -0.05) is 36.4 Å². The Morgan fingerprint density at radius 2 is 1.84 bits per heavy atom. The number of aliphatic hydroxyl groups is 2. The van der Waals surface area contributed by atoms with Crippen molar-refractivity contribution in [3.05, 3.63) is 71.7 Å². The third-order valence-corrected chi connectivity index (χ3v) is 5.51. The van der Waals surface area contributed by atoms with Crippen molar-refractivity contribution in [3.63, 3.8) is 0 Å². The van der Waals surface area contributed by atoms with Crippen molar-refractivity contribution in [3.8, 4) is 11.1 Å². The van der Waals surface area contributed by atoms with E-state index in [0.717, 1.165) is 46.1 Å². The monoisotopic (exact) mass is 421 g/mol. The van der Waals surface area contributed by atoms with Crippen LogP contribution in [0.4, 0.5) is 4.39 Å². The standard InChI is InChI=1S/C25H24FNO4/c26-18-11-9-16(10-12-18)23-19-4-1-2-5-21(19)27-24(17-7-8-17)20(23)13-15-25(30,31)14-3-6-22(28)29/h1-2,4-5,9-13,15,17,30-31H,3,6-8,14H2,(H,28,29). The Morgan fingerprint density at radius 1 is 1.13 bits per heavy atom. The molecule has 3 aromatic rings. The molecule has 0 aliphatic heterocycles. The van der Waals surface area contributed by atoms with Crippen molar-refractivity contribution in [1.82, 2.24) is 4.98 Å². The van der Waals surface area contributed by atoms with Gasteiger partial charge >= 0.3 is 5.97 Å². The molecule has 1 fully saturated rings. The number of carboxylic acid groups (broad SMARTS) is 1. The molecule has 0 atom stereocenters. The number of para-hydroxylation sites is 1. The Balaban J connectivity index is 1.83. The molecule has 1 heterocycles. The number of hydrogen-bond donors (Lipinski definition) is 3. The van der Waals surface area contributed by atoms with E-state index in [1.165, 1.54) is 18.2 Å². The summed E-state index contributed by atoms with van der Waals surface area (Å²) in [5.41, 5.74) is 4.18. The summed E-state index contributed by atoms with van der Waals surface area (Å²) in [7, 11) is 0. The second-order valence-electron chi connectivity index (χ2n) is 8.04. The van der Waals surface area contributed by atoms with E-state index < -0.39 is 11.8 Å². The van der Waals surface area contributed by atoms with Crippen LogP contribution in [0.1, 0.15) is 49.3 Å². The number of carbonyl (C=O) groups is 1. The smallest absolute Gasteiger partial charge is 0.303 e. The molecule has 1 aromatic heterocycles. The summed E-state index contributed by atoms with van der Waals surface area (Å²) in [5.74, 6) is -3.15. The van der Waals surface area contributed by atoms with E-state index in [4.69, 9.17) is 10.1 Å². The molecule has 3 N–H and O–H groups in total. The first-order chi connectivity index (χ1) is 14.8. The van der Waals surface area contributed by atoms with Crippen LogP contribution in [0.5, 0.6) is 0 Å². The highest BCUT2D eigenvalue weighted by molar-refractivity contribution is 5.99. The maximum absolute atomic E-state index is 13.6.